The maximum Gasteiger partial charge on any atom is 0.404 e. The number of halogens is 3. The van der Waals surface area contributed by atoms with Crippen molar-refractivity contribution in [3.05, 3.63) is 29.8 Å². The molecular formula is C11H14F3NS. The van der Waals surface area contributed by atoms with Crippen LogP contribution in [0.15, 0.2) is 29.2 Å². The monoisotopic (exact) mass is 249 g/mol. The highest BCUT2D eigenvalue weighted by molar-refractivity contribution is 7.99. The maximum absolute atomic E-state index is 12.4. The van der Waals surface area contributed by atoms with Gasteiger partial charge in [0.1, 0.15) is 6.04 Å². The van der Waals surface area contributed by atoms with Crippen molar-refractivity contribution in [3.63, 3.8) is 0 Å². The lowest BCUT2D eigenvalue weighted by atomic mass is 10.2. The largest absolute Gasteiger partial charge is 0.404 e. The Balaban J connectivity index is 2.53. The molecule has 0 radical (unpaired) electrons. The van der Waals surface area contributed by atoms with E-state index < -0.39 is 12.2 Å². The Hall–Kier alpha value is -0.680. The smallest absolute Gasteiger partial charge is 0.309 e. The molecule has 1 aromatic carbocycles. The molecule has 0 aliphatic rings. The summed E-state index contributed by atoms with van der Waals surface area (Å²) in [5.41, 5.74) is 1.10. The molecule has 1 N–H and O–H groups in total. The second-order valence-corrected chi connectivity index (χ2v) is 4.60. The first-order valence-corrected chi connectivity index (χ1v) is 5.85. The number of nitrogens with one attached hydrogen (secondary N) is 1. The van der Waals surface area contributed by atoms with Gasteiger partial charge in [-0.2, -0.15) is 13.2 Å². The van der Waals surface area contributed by atoms with Crippen molar-refractivity contribution in [1.82, 2.24) is 5.32 Å². The Morgan fingerprint density at radius 3 is 2.25 bits per heavy atom. The van der Waals surface area contributed by atoms with E-state index in [1.165, 1.54) is 18.8 Å². The number of hydrogen-bond donors (Lipinski definition) is 1. The quantitative estimate of drug-likeness (QED) is 0.822. The van der Waals surface area contributed by atoms with Crippen molar-refractivity contribution in [1.29, 1.82) is 0 Å². The minimum Gasteiger partial charge on any atom is -0.309 e. The van der Waals surface area contributed by atoms with Crippen LogP contribution in [0.1, 0.15) is 5.56 Å². The van der Waals surface area contributed by atoms with Gasteiger partial charge in [0.15, 0.2) is 0 Å². The molecule has 5 heteroatoms. The molecule has 1 unspecified atom stereocenters. The second kappa shape index (κ2) is 5.59. The highest BCUT2D eigenvalue weighted by Crippen LogP contribution is 2.26. The van der Waals surface area contributed by atoms with Gasteiger partial charge < -0.3 is 5.32 Å². The van der Waals surface area contributed by atoms with E-state index in [2.05, 4.69) is 5.32 Å². The van der Waals surface area contributed by atoms with E-state index in [4.69, 9.17) is 0 Å². The average Bonchev–Trinajstić information content (AvgIpc) is 2.19. The molecule has 1 atom stereocenters. The predicted molar refractivity (Wildman–Crippen MR) is 60.8 cm³/mol. The summed E-state index contributed by atoms with van der Waals surface area (Å²) in [4.78, 5) is 0.857. The van der Waals surface area contributed by atoms with E-state index in [-0.39, 0.29) is 5.75 Å². The van der Waals surface area contributed by atoms with Crippen LogP contribution in [0.5, 0.6) is 0 Å². The van der Waals surface area contributed by atoms with Crippen LogP contribution in [0.3, 0.4) is 0 Å². The zero-order valence-electron chi connectivity index (χ0n) is 9.14. The lowest BCUT2D eigenvalue weighted by Gasteiger charge is -2.18. The van der Waals surface area contributed by atoms with Crippen LogP contribution in [0.4, 0.5) is 13.2 Å². The fourth-order valence-electron chi connectivity index (χ4n) is 1.16. The van der Waals surface area contributed by atoms with E-state index in [0.717, 1.165) is 10.5 Å². The van der Waals surface area contributed by atoms with Crippen LogP contribution in [-0.2, 0) is 0 Å². The van der Waals surface area contributed by atoms with Crippen LogP contribution in [0, 0.1) is 6.92 Å². The third kappa shape index (κ3) is 4.06. The summed E-state index contributed by atoms with van der Waals surface area (Å²) in [7, 11) is 1.33. The molecular weight excluding hydrogens is 235 g/mol. The first kappa shape index (κ1) is 13.4. The number of benzene rings is 1. The molecule has 0 spiro atoms. The van der Waals surface area contributed by atoms with Crippen molar-refractivity contribution < 1.29 is 13.2 Å². The zero-order valence-corrected chi connectivity index (χ0v) is 9.95. The number of rotatable bonds is 4. The van der Waals surface area contributed by atoms with E-state index in [1.54, 1.807) is 0 Å². The summed E-state index contributed by atoms with van der Waals surface area (Å²) in [6, 6.07) is 6.00. The van der Waals surface area contributed by atoms with E-state index >= 15 is 0 Å². The SMILES string of the molecule is CNC(CSc1ccc(C)cc1)C(F)(F)F. The molecule has 0 aliphatic carbocycles. The lowest BCUT2D eigenvalue weighted by molar-refractivity contribution is -0.148. The van der Waals surface area contributed by atoms with Gasteiger partial charge in [0.05, 0.1) is 0 Å². The fourth-order valence-corrected chi connectivity index (χ4v) is 2.20. The van der Waals surface area contributed by atoms with Crippen molar-refractivity contribution in [3.8, 4) is 0 Å². The third-order valence-corrected chi connectivity index (χ3v) is 3.29. The van der Waals surface area contributed by atoms with Crippen LogP contribution >= 0.6 is 11.8 Å². The number of aryl methyl sites for hydroxylation is 1. The summed E-state index contributed by atoms with van der Waals surface area (Å²) in [5, 5.41) is 2.28. The van der Waals surface area contributed by atoms with Crippen molar-refractivity contribution in [2.45, 2.75) is 24.0 Å². The molecule has 1 rings (SSSR count). The summed E-state index contributed by atoms with van der Waals surface area (Å²) in [6.45, 7) is 1.95. The number of thioether (sulfide) groups is 1. The fraction of sp³-hybridized carbons (Fsp3) is 0.455. The van der Waals surface area contributed by atoms with E-state index in [9.17, 15) is 13.2 Å². The Labute approximate surface area is 97.4 Å². The van der Waals surface area contributed by atoms with Gasteiger partial charge in [-0.15, -0.1) is 11.8 Å². The molecule has 90 valence electrons. The average molecular weight is 249 g/mol. The summed E-state index contributed by atoms with van der Waals surface area (Å²) >= 11 is 1.21. The van der Waals surface area contributed by atoms with Crippen LogP contribution in [0.2, 0.25) is 0 Å². The van der Waals surface area contributed by atoms with Crippen molar-refractivity contribution in [2.75, 3.05) is 12.8 Å². The Bertz CT molecular complexity index is 321. The van der Waals surface area contributed by atoms with Gasteiger partial charge in [0.25, 0.3) is 0 Å². The standard InChI is InChI=1S/C11H14F3NS/c1-8-3-5-9(6-4-8)16-7-10(15-2)11(12,13)14/h3-6,10,15H,7H2,1-2H3. The van der Waals surface area contributed by atoms with Gasteiger partial charge in [0, 0.05) is 10.6 Å². The van der Waals surface area contributed by atoms with E-state index in [1.807, 2.05) is 31.2 Å². The summed E-state index contributed by atoms with van der Waals surface area (Å²) in [6.07, 6.45) is -4.19. The van der Waals surface area contributed by atoms with Gasteiger partial charge in [0.2, 0.25) is 0 Å². The van der Waals surface area contributed by atoms with Gasteiger partial charge in [-0.3, -0.25) is 0 Å². The normalized spacial score (nSPS) is 13.8. The summed E-state index contributed by atoms with van der Waals surface area (Å²) < 4.78 is 37.2. The topological polar surface area (TPSA) is 12.0 Å². The highest BCUT2D eigenvalue weighted by Gasteiger charge is 2.38. The number of hydrogen-bond acceptors (Lipinski definition) is 2. The minimum atomic E-state index is -4.19. The first-order chi connectivity index (χ1) is 7.43. The molecule has 0 fully saturated rings. The minimum absolute atomic E-state index is 0.0109. The number of alkyl halides is 3. The Kier molecular flexibility index (Phi) is 4.68. The second-order valence-electron chi connectivity index (χ2n) is 3.51. The van der Waals surface area contributed by atoms with Crippen LogP contribution < -0.4 is 5.32 Å². The van der Waals surface area contributed by atoms with Gasteiger partial charge in [-0.25, -0.2) is 0 Å². The van der Waals surface area contributed by atoms with Gasteiger partial charge >= 0.3 is 6.18 Å². The first-order valence-electron chi connectivity index (χ1n) is 4.87. The molecule has 0 heterocycles. The molecule has 0 aromatic heterocycles. The van der Waals surface area contributed by atoms with Crippen molar-refractivity contribution >= 4 is 11.8 Å². The van der Waals surface area contributed by atoms with Crippen LogP contribution in [-0.4, -0.2) is 25.0 Å². The molecule has 0 bridgehead atoms. The molecule has 0 saturated carbocycles. The molecule has 0 saturated heterocycles. The summed E-state index contributed by atoms with van der Waals surface area (Å²) in [5.74, 6) is -0.0109. The maximum atomic E-state index is 12.4. The molecule has 1 aromatic rings. The predicted octanol–water partition coefficient (Wildman–Crippen LogP) is 3.24. The van der Waals surface area contributed by atoms with E-state index in [0.29, 0.717) is 0 Å². The van der Waals surface area contributed by atoms with Crippen molar-refractivity contribution in [2.24, 2.45) is 0 Å². The van der Waals surface area contributed by atoms with Crippen LogP contribution in [0.25, 0.3) is 0 Å². The molecule has 0 aliphatic heterocycles. The lowest BCUT2D eigenvalue weighted by Crippen LogP contribution is -2.42. The molecule has 16 heavy (non-hydrogen) atoms. The Morgan fingerprint density at radius 2 is 1.81 bits per heavy atom. The van der Waals surface area contributed by atoms with Gasteiger partial charge in [-0.1, -0.05) is 17.7 Å². The Morgan fingerprint density at radius 1 is 1.25 bits per heavy atom. The zero-order chi connectivity index (χ0) is 12.2. The molecule has 1 nitrogen and oxygen atoms in total. The highest BCUT2D eigenvalue weighted by atomic mass is 32.2. The molecule has 0 amide bonds. The van der Waals surface area contributed by atoms with Gasteiger partial charge in [-0.05, 0) is 26.1 Å². The third-order valence-electron chi connectivity index (χ3n) is 2.18.